The van der Waals surface area contributed by atoms with Crippen LogP contribution in [0.1, 0.15) is 9.80 Å². The third kappa shape index (κ3) is 2.74. The number of rotatable bonds is 3. The molecule has 1 N–H and O–H groups in total. The van der Waals surface area contributed by atoms with E-state index < -0.39 is 11.7 Å². The second-order valence-corrected chi connectivity index (χ2v) is 5.89. The molecule has 0 unspecified atom stereocenters. The van der Waals surface area contributed by atoms with Crippen LogP contribution in [0.25, 0.3) is 21.7 Å². The molecule has 24 heavy (non-hydrogen) atoms. The minimum absolute atomic E-state index is 0.0708. The van der Waals surface area contributed by atoms with E-state index in [1.54, 1.807) is 6.07 Å². The van der Waals surface area contributed by atoms with Crippen molar-refractivity contribution in [2.24, 2.45) is 0 Å². The topological polar surface area (TPSA) is 80.9 Å². The minimum Gasteiger partial charge on any atom is -0.403 e. The van der Waals surface area contributed by atoms with Gasteiger partial charge in [-0.25, -0.2) is 9.37 Å². The number of amides is 1. The maximum Gasteiger partial charge on any atom is 0.322 e. The van der Waals surface area contributed by atoms with Gasteiger partial charge in [0.1, 0.15) is 5.82 Å². The van der Waals surface area contributed by atoms with Crippen molar-refractivity contribution in [3.63, 3.8) is 0 Å². The third-order valence-electron chi connectivity index (χ3n) is 3.21. The van der Waals surface area contributed by atoms with Crippen molar-refractivity contribution in [3.8, 4) is 11.5 Å². The molecule has 0 aliphatic rings. The number of carbonyl (C=O) groups excluding carboxylic acids is 1. The molecule has 118 valence electrons. The van der Waals surface area contributed by atoms with Crippen LogP contribution in [0.15, 0.2) is 52.9 Å². The number of hydrogen-bond acceptors (Lipinski definition) is 6. The number of fused-ring (bicyclic) bond motifs is 1. The average Bonchev–Trinajstić information content (AvgIpc) is 3.21. The van der Waals surface area contributed by atoms with Crippen molar-refractivity contribution in [2.75, 3.05) is 5.32 Å². The number of hydrogen-bond donors (Lipinski definition) is 1. The van der Waals surface area contributed by atoms with E-state index in [1.165, 1.54) is 29.5 Å². The maximum absolute atomic E-state index is 13.2. The standard InChI is InChI=1S/C16H9FN4O2S/c17-10-5-3-4-9(8-10)14-20-21-16(23-14)19-13(22)15-18-11-6-1-2-7-12(11)24-15/h1-8H,(H,19,21,22). The molecule has 0 saturated carbocycles. The van der Waals surface area contributed by atoms with Crippen LogP contribution in [0, 0.1) is 5.82 Å². The van der Waals surface area contributed by atoms with Crippen LogP contribution in [-0.4, -0.2) is 21.1 Å². The molecule has 2 heterocycles. The number of nitrogens with one attached hydrogen (secondary N) is 1. The Balaban J connectivity index is 1.56. The van der Waals surface area contributed by atoms with Crippen LogP contribution in [0.3, 0.4) is 0 Å². The van der Waals surface area contributed by atoms with Crippen molar-refractivity contribution in [3.05, 3.63) is 59.4 Å². The van der Waals surface area contributed by atoms with Crippen LogP contribution < -0.4 is 5.32 Å². The van der Waals surface area contributed by atoms with E-state index in [1.807, 2.05) is 24.3 Å². The van der Waals surface area contributed by atoms with Gasteiger partial charge in [-0.1, -0.05) is 23.3 Å². The van der Waals surface area contributed by atoms with Crippen molar-refractivity contribution >= 4 is 33.5 Å². The van der Waals surface area contributed by atoms with Gasteiger partial charge in [0.2, 0.25) is 5.89 Å². The molecule has 0 atom stereocenters. The van der Waals surface area contributed by atoms with Gasteiger partial charge >= 0.3 is 6.01 Å². The zero-order chi connectivity index (χ0) is 16.5. The summed E-state index contributed by atoms with van der Waals surface area (Å²) in [6.07, 6.45) is 0. The fraction of sp³-hybridized carbons (Fsp3) is 0. The van der Waals surface area contributed by atoms with Gasteiger partial charge in [0.15, 0.2) is 5.01 Å². The Morgan fingerprint density at radius 2 is 2.00 bits per heavy atom. The van der Waals surface area contributed by atoms with Crippen molar-refractivity contribution in [1.29, 1.82) is 0 Å². The maximum atomic E-state index is 13.2. The zero-order valence-corrected chi connectivity index (χ0v) is 12.9. The largest absolute Gasteiger partial charge is 0.403 e. The lowest BCUT2D eigenvalue weighted by Gasteiger charge is -1.96. The van der Waals surface area contributed by atoms with E-state index in [0.29, 0.717) is 10.6 Å². The monoisotopic (exact) mass is 340 g/mol. The number of thiazole rings is 1. The Morgan fingerprint density at radius 1 is 1.12 bits per heavy atom. The Hall–Kier alpha value is -3.13. The van der Waals surface area contributed by atoms with Crippen LogP contribution in [0.2, 0.25) is 0 Å². The highest BCUT2D eigenvalue weighted by atomic mass is 32.1. The highest BCUT2D eigenvalue weighted by molar-refractivity contribution is 7.20. The second-order valence-electron chi connectivity index (χ2n) is 4.86. The van der Waals surface area contributed by atoms with Gasteiger partial charge in [-0.3, -0.25) is 10.1 Å². The Morgan fingerprint density at radius 3 is 2.83 bits per heavy atom. The normalized spacial score (nSPS) is 10.9. The number of carbonyl (C=O) groups is 1. The van der Waals surface area contributed by atoms with Crippen LogP contribution in [0.4, 0.5) is 10.4 Å². The first kappa shape index (κ1) is 14.5. The lowest BCUT2D eigenvalue weighted by atomic mass is 10.2. The summed E-state index contributed by atoms with van der Waals surface area (Å²) in [4.78, 5) is 16.5. The highest BCUT2D eigenvalue weighted by Crippen LogP contribution is 2.23. The molecule has 1 amide bonds. The molecule has 6 nitrogen and oxygen atoms in total. The number of para-hydroxylation sites is 1. The van der Waals surface area contributed by atoms with Crippen molar-refractivity contribution < 1.29 is 13.6 Å². The first-order valence-electron chi connectivity index (χ1n) is 6.95. The number of aromatic nitrogens is 3. The van der Waals surface area contributed by atoms with E-state index in [0.717, 1.165) is 10.2 Å². The number of anilines is 1. The molecule has 0 spiro atoms. The quantitative estimate of drug-likeness (QED) is 0.614. The van der Waals surface area contributed by atoms with Gasteiger partial charge in [0.05, 0.1) is 10.2 Å². The van der Waals surface area contributed by atoms with Crippen molar-refractivity contribution in [1.82, 2.24) is 15.2 Å². The van der Waals surface area contributed by atoms with E-state index in [-0.39, 0.29) is 11.9 Å². The Labute approximate surface area is 139 Å². The molecule has 2 aromatic heterocycles. The van der Waals surface area contributed by atoms with Gasteiger partial charge in [-0.2, -0.15) is 0 Å². The summed E-state index contributed by atoms with van der Waals surface area (Å²) in [6, 6.07) is 13.1. The lowest BCUT2D eigenvalue weighted by molar-refractivity contribution is 0.102. The molecule has 0 saturated heterocycles. The molecule has 0 fully saturated rings. The third-order valence-corrected chi connectivity index (χ3v) is 4.24. The highest BCUT2D eigenvalue weighted by Gasteiger charge is 2.16. The zero-order valence-electron chi connectivity index (χ0n) is 12.1. The molecular formula is C16H9FN4O2S. The minimum atomic E-state index is -0.439. The average molecular weight is 340 g/mol. The summed E-state index contributed by atoms with van der Waals surface area (Å²) in [5.41, 5.74) is 1.18. The SMILES string of the molecule is O=C(Nc1nnc(-c2cccc(F)c2)o1)c1nc2ccccc2s1. The summed E-state index contributed by atoms with van der Waals surface area (Å²) in [7, 11) is 0. The molecule has 2 aromatic carbocycles. The van der Waals surface area contributed by atoms with Gasteiger partial charge in [-0.05, 0) is 30.3 Å². The van der Waals surface area contributed by atoms with E-state index in [9.17, 15) is 9.18 Å². The van der Waals surface area contributed by atoms with Gasteiger partial charge in [0, 0.05) is 5.56 Å². The van der Waals surface area contributed by atoms with E-state index in [2.05, 4.69) is 20.5 Å². The van der Waals surface area contributed by atoms with Gasteiger partial charge in [0.25, 0.3) is 5.91 Å². The van der Waals surface area contributed by atoms with E-state index in [4.69, 9.17) is 4.42 Å². The van der Waals surface area contributed by atoms with Crippen LogP contribution >= 0.6 is 11.3 Å². The smallest absolute Gasteiger partial charge is 0.322 e. The summed E-state index contributed by atoms with van der Waals surface area (Å²) in [5, 5.41) is 10.3. The predicted octanol–water partition coefficient (Wildman–Crippen LogP) is 3.74. The van der Waals surface area contributed by atoms with Gasteiger partial charge < -0.3 is 4.42 Å². The summed E-state index contributed by atoms with van der Waals surface area (Å²) in [5.74, 6) is -0.731. The van der Waals surface area contributed by atoms with Crippen LogP contribution in [-0.2, 0) is 0 Å². The molecule has 8 heteroatoms. The summed E-state index contributed by atoms with van der Waals surface area (Å²) >= 11 is 1.27. The molecule has 4 rings (SSSR count). The van der Waals surface area contributed by atoms with Crippen molar-refractivity contribution in [2.45, 2.75) is 0 Å². The molecule has 0 aliphatic heterocycles. The first-order valence-corrected chi connectivity index (χ1v) is 7.77. The van der Waals surface area contributed by atoms with Crippen LogP contribution in [0.5, 0.6) is 0 Å². The Bertz CT molecular complexity index is 1010. The first-order chi connectivity index (χ1) is 11.7. The predicted molar refractivity (Wildman–Crippen MR) is 87.3 cm³/mol. The molecule has 0 bridgehead atoms. The molecule has 4 aromatic rings. The Kier molecular flexibility index (Phi) is 3.51. The van der Waals surface area contributed by atoms with Gasteiger partial charge in [-0.15, -0.1) is 16.4 Å². The number of benzene rings is 2. The van der Waals surface area contributed by atoms with E-state index >= 15 is 0 Å². The molecule has 0 aliphatic carbocycles. The second kappa shape index (κ2) is 5.82. The summed E-state index contributed by atoms with van der Waals surface area (Å²) < 4.78 is 19.5. The molecule has 0 radical (unpaired) electrons. The number of halogens is 1. The fourth-order valence-electron chi connectivity index (χ4n) is 2.13. The lowest BCUT2D eigenvalue weighted by Crippen LogP contribution is -2.11. The fourth-order valence-corrected chi connectivity index (χ4v) is 2.99. The summed E-state index contributed by atoms with van der Waals surface area (Å²) in [6.45, 7) is 0. The number of nitrogens with zero attached hydrogens (tertiary/aromatic N) is 3. The molecular weight excluding hydrogens is 331 g/mol.